The van der Waals surface area contributed by atoms with Gasteiger partial charge < -0.3 is 25.0 Å². The van der Waals surface area contributed by atoms with Gasteiger partial charge in [-0.1, -0.05) is 29.8 Å². The second-order valence-electron chi connectivity index (χ2n) is 6.26. The minimum absolute atomic E-state index is 0.216. The maximum Gasteiger partial charge on any atom is 0.315 e. The monoisotopic (exact) mass is 405 g/mol. The molecule has 2 N–H and O–H groups in total. The summed E-state index contributed by atoms with van der Waals surface area (Å²) in [6.45, 7) is 4.17. The smallest absolute Gasteiger partial charge is 0.315 e. The number of hydrogen-bond acceptors (Lipinski definition) is 4. The summed E-state index contributed by atoms with van der Waals surface area (Å²) in [5, 5.41) is 6.16. The molecule has 0 aromatic heterocycles. The number of ether oxygens (including phenoxy) is 2. The molecule has 2 aromatic carbocycles. The molecule has 0 saturated heterocycles. The number of carbonyl (C=O) groups is 1. The van der Waals surface area contributed by atoms with Crippen LogP contribution in [-0.2, 0) is 6.54 Å². The van der Waals surface area contributed by atoms with E-state index in [1.807, 2.05) is 38.2 Å². The summed E-state index contributed by atoms with van der Waals surface area (Å²) >= 11 is 6.25. The summed E-state index contributed by atoms with van der Waals surface area (Å²) in [7, 11) is 3.60. The number of rotatable bonds is 10. The number of methoxy groups -OCH3 is 1. The van der Waals surface area contributed by atoms with Crippen LogP contribution in [0, 0.1) is 0 Å². The van der Waals surface area contributed by atoms with Crippen molar-refractivity contribution in [3.63, 3.8) is 0 Å². The Morgan fingerprint density at radius 3 is 2.61 bits per heavy atom. The Labute approximate surface area is 171 Å². The highest BCUT2D eigenvalue weighted by Crippen LogP contribution is 2.36. The minimum atomic E-state index is -0.216. The fraction of sp³-hybridized carbons (Fsp3) is 0.381. The molecule has 0 aliphatic carbocycles. The van der Waals surface area contributed by atoms with Crippen LogP contribution in [0.3, 0.4) is 0 Å². The van der Waals surface area contributed by atoms with Crippen molar-refractivity contribution >= 4 is 23.3 Å². The molecule has 0 aliphatic rings. The zero-order valence-electron chi connectivity index (χ0n) is 16.6. The topological polar surface area (TPSA) is 62.8 Å². The number of hydrogen-bond donors (Lipinski definition) is 2. The Morgan fingerprint density at radius 2 is 1.93 bits per heavy atom. The van der Waals surface area contributed by atoms with Crippen molar-refractivity contribution in [1.29, 1.82) is 0 Å². The molecule has 0 saturated carbocycles. The van der Waals surface area contributed by atoms with Gasteiger partial charge in [-0.15, -0.1) is 0 Å². The van der Waals surface area contributed by atoms with Gasteiger partial charge in [0.25, 0.3) is 0 Å². The second kappa shape index (κ2) is 11.3. The highest BCUT2D eigenvalue weighted by molar-refractivity contribution is 6.32. The third-order valence-corrected chi connectivity index (χ3v) is 4.46. The molecule has 0 fully saturated rings. The summed E-state index contributed by atoms with van der Waals surface area (Å²) in [5.74, 6) is 1.07. The van der Waals surface area contributed by atoms with Crippen molar-refractivity contribution in [3.05, 3.63) is 53.1 Å². The first-order valence-electron chi connectivity index (χ1n) is 9.32. The third-order valence-electron chi connectivity index (χ3n) is 4.18. The lowest BCUT2D eigenvalue weighted by molar-refractivity contribution is 0.240. The van der Waals surface area contributed by atoms with E-state index in [-0.39, 0.29) is 6.03 Å². The van der Waals surface area contributed by atoms with E-state index in [0.717, 1.165) is 24.2 Å². The molecule has 28 heavy (non-hydrogen) atoms. The number of halogens is 1. The van der Waals surface area contributed by atoms with E-state index in [1.165, 1.54) is 0 Å². The van der Waals surface area contributed by atoms with E-state index in [4.69, 9.17) is 21.1 Å². The number of amides is 2. The van der Waals surface area contributed by atoms with Crippen molar-refractivity contribution in [2.75, 3.05) is 38.8 Å². The minimum Gasteiger partial charge on any atom is -0.493 e. The zero-order chi connectivity index (χ0) is 20.4. The molecule has 0 heterocycles. The molecule has 0 radical (unpaired) electrons. The van der Waals surface area contributed by atoms with Crippen LogP contribution in [0.25, 0.3) is 0 Å². The Bertz CT molecular complexity index is 756. The quantitative estimate of drug-likeness (QED) is 0.585. The van der Waals surface area contributed by atoms with Crippen molar-refractivity contribution in [1.82, 2.24) is 10.6 Å². The number of nitrogens with one attached hydrogen (secondary N) is 2. The molecule has 0 spiro atoms. The Kier molecular flexibility index (Phi) is 8.75. The Balaban J connectivity index is 1.74. The van der Waals surface area contributed by atoms with E-state index in [2.05, 4.69) is 27.7 Å². The van der Waals surface area contributed by atoms with Crippen LogP contribution in [-0.4, -0.2) is 39.9 Å². The van der Waals surface area contributed by atoms with E-state index >= 15 is 0 Å². The van der Waals surface area contributed by atoms with Crippen LogP contribution < -0.4 is 25.0 Å². The normalized spacial score (nSPS) is 10.3. The lowest BCUT2D eigenvalue weighted by atomic mass is 10.2. The lowest BCUT2D eigenvalue weighted by Crippen LogP contribution is -2.36. The van der Waals surface area contributed by atoms with Gasteiger partial charge >= 0.3 is 6.03 Å². The molecular formula is C21H28ClN3O3. The van der Waals surface area contributed by atoms with Gasteiger partial charge in [0, 0.05) is 32.4 Å². The second-order valence-corrected chi connectivity index (χ2v) is 6.67. The average Bonchev–Trinajstić information content (AvgIpc) is 2.71. The Hall–Kier alpha value is -2.60. The van der Waals surface area contributed by atoms with E-state index in [0.29, 0.717) is 36.2 Å². The molecule has 0 unspecified atom stereocenters. The molecule has 0 bridgehead atoms. The van der Waals surface area contributed by atoms with Crippen LogP contribution in [0.2, 0.25) is 5.02 Å². The SMILES string of the molecule is CCOc1c(Cl)cc(CNC(=O)NCCCN(C)c2ccccc2)cc1OC. The maximum atomic E-state index is 12.0. The number of carbonyl (C=O) groups excluding carboxylic acids is 1. The highest BCUT2D eigenvalue weighted by atomic mass is 35.5. The molecule has 7 heteroatoms. The number of urea groups is 1. The van der Waals surface area contributed by atoms with Crippen LogP contribution in [0.1, 0.15) is 18.9 Å². The van der Waals surface area contributed by atoms with E-state index in [9.17, 15) is 4.79 Å². The largest absolute Gasteiger partial charge is 0.493 e. The predicted octanol–water partition coefficient (Wildman–Crippen LogP) is 4.07. The first-order chi connectivity index (χ1) is 13.5. The fourth-order valence-electron chi connectivity index (χ4n) is 2.73. The van der Waals surface area contributed by atoms with Gasteiger partial charge in [0.05, 0.1) is 18.7 Å². The van der Waals surface area contributed by atoms with Gasteiger partial charge in [-0.25, -0.2) is 4.79 Å². The first kappa shape index (κ1) is 21.7. The van der Waals surface area contributed by atoms with Gasteiger partial charge in [0.1, 0.15) is 0 Å². The highest BCUT2D eigenvalue weighted by Gasteiger charge is 2.12. The molecule has 0 atom stereocenters. The fourth-order valence-corrected chi connectivity index (χ4v) is 3.02. The van der Waals surface area contributed by atoms with Gasteiger partial charge in [-0.05, 0) is 43.2 Å². The summed E-state index contributed by atoms with van der Waals surface area (Å²) in [4.78, 5) is 14.2. The zero-order valence-corrected chi connectivity index (χ0v) is 17.4. The summed E-state index contributed by atoms with van der Waals surface area (Å²) in [5.41, 5.74) is 2.00. The van der Waals surface area contributed by atoms with Crippen molar-refractivity contribution in [3.8, 4) is 11.5 Å². The van der Waals surface area contributed by atoms with Gasteiger partial charge in [0.15, 0.2) is 11.5 Å². The molecule has 152 valence electrons. The van der Waals surface area contributed by atoms with Crippen molar-refractivity contribution in [2.45, 2.75) is 19.9 Å². The lowest BCUT2D eigenvalue weighted by Gasteiger charge is -2.19. The molecule has 0 aliphatic heterocycles. The van der Waals surface area contributed by atoms with Crippen LogP contribution in [0.15, 0.2) is 42.5 Å². The van der Waals surface area contributed by atoms with Crippen molar-refractivity contribution in [2.24, 2.45) is 0 Å². The molecule has 2 rings (SSSR count). The van der Waals surface area contributed by atoms with E-state index < -0.39 is 0 Å². The third kappa shape index (κ3) is 6.53. The predicted molar refractivity (Wildman–Crippen MR) is 114 cm³/mol. The average molecular weight is 406 g/mol. The molecule has 6 nitrogen and oxygen atoms in total. The number of benzene rings is 2. The van der Waals surface area contributed by atoms with Crippen LogP contribution >= 0.6 is 11.6 Å². The number of nitrogens with zero attached hydrogens (tertiary/aromatic N) is 1. The van der Waals surface area contributed by atoms with Crippen LogP contribution in [0.4, 0.5) is 10.5 Å². The van der Waals surface area contributed by atoms with Crippen LogP contribution in [0.5, 0.6) is 11.5 Å². The van der Waals surface area contributed by atoms with Gasteiger partial charge in [-0.3, -0.25) is 0 Å². The first-order valence-corrected chi connectivity index (χ1v) is 9.70. The van der Waals surface area contributed by atoms with Gasteiger partial charge in [0.2, 0.25) is 0 Å². The van der Waals surface area contributed by atoms with Crippen molar-refractivity contribution < 1.29 is 14.3 Å². The maximum absolute atomic E-state index is 12.0. The summed E-state index contributed by atoms with van der Waals surface area (Å²) in [6.07, 6.45) is 0.849. The van der Waals surface area contributed by atoms with Gasteiger partial charge in [-0.2, -0.15) is 0 Å². The summed E-state index contributed by atoms with van der Waals surface area (Å²) in [6, 6.07) is 13.5. The van der Waals surface area contributed by atoms with E-state index in [1.54, 1.807) is 13.2 Å². The summed E-state index contributed by atoms with van der Waals surface area (Å²) < 4.78 is 10.8. The number of anilines is 1. The number of para-hydroxylation sites is 1. The molecular weight excluding hydrogens is 378 g/mol. The Morgan fingerprint density at radius 1 is 1.18 bits per heavy atom. The standard InChI is InChI=1S/C21H28ClN3O3/c1-4-28-20-18(22)13-16(14-19(20)27-3)15-24-21(26)23-11-8-12-25(2)17-9-6-5-7-10-17/h5-7,9-10,13-14H,4,8,11-12,15H2,1-3H3,(H2,23,24,26). The molecule has 2 amide bonds. The molecule has 2 aromatic rings.